The van der Waals surface area contributed by atoms with Crippen molar-refractivity contribution in [1.29, 1.82) is 0 Å². The van der Waals surface area contributed by atoms with Crippen LogP contribution in [0.1, 0.15) is 19.4 Å². The summed E-state index contributed by atoms with van der Waals surface area (Å²) in [6.45, 7) is 8.18. The number of halogens is 1. The lowest BCUT2D eigenvalue weighted by Gasteiger charge is -2.33. The highest BCUT2D eigenvalue weighted by molar-refractivity contribution is 6.19. The van der Waals surface area contributed by atoms with E-state index in [4.69, 9.17) is 11.8 Å². The van der Waals surface area contributed by atoms with E-state index in [-0.39, 0.29) is 23.3 Å². The maximum Gasteiger partial charge on any atom is 0.199 e. The molecule has 2 aromatic carbocycles. The fourth-order valence-corrected chi connectivity index (χ4v) is 4.25. The first-order valence-electron chi connectivity index (χ1n) is 9.60. The van der Waals surface area contributed by atoms with Crippen LogP contribution in [0.3, 0.4) is 0 Å². The Morgan fingerprint density at radius 2 is 1.69 bits per heavy atom. The van der Waals surface area contributed by atoms with Crippen molar-refractivity contribution in [3.05, 3.63) is 54.2 Å². The summed E-state index contributed by atoms with van der Waals surface area (Å²) in [6.07, 6.45) is 1.83. The minimum atomic E-state index is -0.166. The number of likely N-dealkylation sites (N-methyl/N-ethyl adjacent to an activating group) is 1. The van der Waals surface area contributed by atoms with Crippen LogP contribution in [-0.2, 0) is 0 Å². The van der Waals surface area contributed by atoms with Crippen LogP contribution in [0, 0.1) is 0 Å². The van der Waals surface area contributed by atoms with Gasteiger partial charge in [0.05, 0.1) is 17.1 Å². The van der Waals surface area contributed by atoms with E-state index in [1.54, 1.807) is 10.5 Å². The van der Waals surface area contributed by atoms with E-state index >= 15 is 0 Å². The highest BCUT2D eigenvalue weighted by atomic mass is 35.5. The number of benzene rings is 2. The molecule has 0 saturated carbocycles. The molecule has 8 heteroatoms. The van der Waals surface area contributed by atoms with E-state index in [0.717, 1.165) is 48.8 Å². The first-order chi connectivity index (χ1) is 13.5. The standard InChI is InChI=1S/C21H25ClN4O2.H2O/c1-3-23(4-2)11-12-24-16-7-5-6-8-17(16)25-14-18(26(22)21(24)25)15-9-10-19(27)20(28)13-15;/h5-10,13-14,21,27-28H,3-4,11-12H2,1-2H3;1H2. The molecule has 1 unspecified atom stereocenters. The summed E-state index contributed by atoms with van der Waals surface area (Å²) in [6, 6.07) is 13.1. The Bertz CT molecular complexity index is 903. The van der Waals surface area contributed by atoms with Gasteiger partial charge in [-0.1, -0.05) is 26.0 Å². The van der Waals surface area contributed by atoms with Gasteiger partial charge in [0.15, 0.2) is 17.8 Å². The molecule has 4 rings (SSSR count). The zero-order valence-corrected chi connectivity index (χ0v) is 17.3. The molecule has 156 valence electrons. The third-order valence-electron chi connectivity index (χ3n) is 5.51. The number of phenols is 2. The van der Waals surface area contributed by atoms with Crippen molar-refractivity contribution in [3.8, 4) is 11.5 Å². The minimum absolute atomic E-state index is 0. The Hall–Kier alpha value is -2.61. The third kappa shape index (κ3) is 3.57. The molecule has 0 aliphatic carbocycles. The molecule has 1 atom stereocenters. The smallest absolute Gasteiger partial charge is 0.199 e. The van der Waals surface area contributed by atoms with Gasteiger partial charge < -0.3 is 30.4 Å². The monoisotopic (exact) mass is 418 g/mol. The van der Waals surface area contributed by atoms with E-state index in [1.807, 2.05) is 18.3 Å². The fourth-order valence-electron chi connectivity index (χ4n) is 3.91. The van der Waals surface area contributed by atoms with Crippen LogP contribution in [-0.4, -0.2) is 57.5 Å². The maximum absolute atomic E-state index is 9.89. The van der Waals surface area contributed by atoms with Gasteiger partial charge in [0, 0.05) is 36.6 Å². The lowest BCUT2D eigenvalue weighted by molar-refractivity contribution is 0.302. The second-order valence-electron chi connectivity index (χ2n) is 6.99. The maximum atomic E-state index is 9.89. The molecule has 0 amide bonds. The lowest BCUT2D eigenvalue weighted by atomic mass is 10.1. The summed E-state index contributed by atoms with van der Waals surface area (Å²) in [5.41, 5.74) is 3.80. The third-order valence-corrected chi connectivity index (χ3v) is 5.87. The van der Waals surface area contributed by atoms with Crippen molar-refractivity contribution >= 4 is 28.8 Å². The Morgan fingerprint density at radius 3 is 2.34 bits per heavy atom. The van der Waals surface area contributed by atoms with E-state index in [1.165, 1.54) is 12.1 Å². The average Bonchev–Trinajstić information content (AvgIpc) is 3.20. The number of phenolic OH excluding ortho intramolecular Hbond substituents is 2. The average molecular weight is 419 g/mol. The van der Waals surface area contributed by atoms with E-state index in [9.17, 15) is 10.2 Å². The molecule has 0 bridgehead atoms. The second kappa shape index (κ2) is 8.41. The van der Waals surface area contributed by atoms with Gasteiger partial charge >= 0.3 is 0 Å². The molecule has 4 N–H and O–H groups in total. The summed E-state index contributed by atoms with van der Waals surface area (Å²) in [7, 11) is 0. The van der Waals surface area contributed by atoms with Crippen LogP contribution < -0.4 is 9.80 Å². The van der Waals surface area contributed by atoms with Gasteiger partial charge in [-0.25, -0.2) is 4.42 Å². The Morgan fingerprint density at radius 1 is 1.00 bits per heavy atom. The first kappa shape index (κ1) is 21.1. The summed E-state index contributed by atoms with van der Waals surface area (Å²) in [5.74, 6) is -0.301. The van der Waals surface area contributed by atoms with Gasteiger partial charge in [-0.05, 0) is 43.4 Å². The van der Waals surface area contributed by atoms with Crippen LogP contribution in [0.15, 0.2) is 48.7 Å². The van der Waals surface area contributed by atoms with Crippen molar-refractivity contribution < 1.29 is 15.7 Å². The molecule has 2 aliphatic rings. The van der Waals surface area contributed by atoms with Gasteiger partial charge in [-0.3, -0.25) is 0 Å². The van der Waals surface area contributed by atoms with Crippen molar-refractivity contribution in [2.24, 2.45) is 0 Å². The van der Waals surface area contributed by atoms with Crippen molar-refractivity contribution in [3.63, 3.8) is 0 Å². The summed E-state index contributed by atoms with van der Waals surface area (Å²) in [5, 5.41) is 19.5. The molecule has 2 heterocycles. The Balaban J connectivity index is 0.00000240. The molecular formula is C21H27ClN4O3. The molecule has 0 aromatic heterocycles. The molecule has 7 nitrogen and oxygen atoms in total. The number of hydrogen-bond acceptors (Lipinski definition) is 6. The van der Waals surface area contributed by atoms with Crippen LogP contribution in [0.4, 0.5) is 11.4 Å². The van der Waals surface area contributed by atoms with Gasteiger partial charge in [0.2, 0.25) is 0 Å². The highest BCUT2D eigenvalue weighted by Gasteiger charge is 2.44. The van der Waals surface area contributed by atoms with Crippen molar-refractivity contribution in [1.82, 2.24) is 9.32 Å². The van der Waals surface area contributed by atoms with Crippen LogP contribution in [0.2, 0.25) is 0 Å². The SMILES string of the molecule is CCN(CC)CCN1c2ccccc2N2C=C(c3ccc(O)c(O)c3)N(Cl)C21.O. The molecule has 0 radical (unpaired) electrons. The Kier molecular flexibility index (Phi) is 6.12. The zero-order chi connectivity index (χ0) is 19.8. The predicted octanol–water partition coefficient (Wildman–Crippen LogP) is 2.99. The number of hydrogen-bond donors (Lipinski definition) is 2. The van der Waals surface area contributed by atoms with E-state index < -0.39 is 0 Å². The largest absolute Gasteiger partial charge is 0.504 e. The fraction of sp³-hybridized carbons (Fsp3) is 0.333. The molecule has 2 aliphatic heterocycles. The highest BCUT2D eigenvalue weighted by Crippen LogP contribution is 2.47. The summed E-state index contributed by atoms with van der Waals surface area (Å²) >= 11 is 6.80. The number of rotatable bonds is 6. The van der Waals surface area contributed by atoms with Gasteiger partial charge in [-0.15, -0.1) is 0 Å². The number of anilines is 2. The minimum Gasteiger partial charge on any atom is -0.504 e. The molecule has 0 spiro atoms. The summed E-state index contributed by atoms with van der Waals surface area (Å²) < 4.78 is 1.70. The normalized spacial score (nSPS) is 17.3. The topological polar surface area (TPSA) is 84.9 Å². The molecule has 29 heavy (non-hydrogen) atoms. The van der Waals surface area contributed by atoms with E-state index in [2.05, 4.69) is 40.7 Å². The van der Waals surface area contributed by atoms with Crippen molar-refractivity contribution in [2.45, 2.75) is 20.1 Å². The van der Waals surface area contributed by atoms with Crippen LogP contribution >= 0.6 is 11.8 Å². The first-order valence-corrected chi connectivity index (χ1v) is 9.94. The predicted molar refractivity (Wildman–Crippen MR) is 117 cm³/mol. The van der Waals surface area contributed by atoms with Gasteiger partial charge in [-0.2, -0.15) is 0 Å². The van der Waals surface area contributed by atoms with Gasteiger partial charge in [0.25, 0.3) is 0 Å². The van der Waals surface area contributed by atoms with Gasteiger partial charge in [0.1, 0.15) is 0 Å². The Labute approximate surface area is 176 Å². The number of fused-ring (bicyclic) bond motifs is 3. The quantitative estimate of drug-likeness (QED) is 0.554. The molecule has 2 aromatic rings. The number of para-hydroxylation sites is 2. The molecule has 0 saturated heterocycles. The summed E-state index contributed by atoms with van der Waals surface area (Å²) in [4.78, 5) is 6.86. The second-order valence-corrected chi connectivity index (χ2v) is 7.36. The van der Waals surface area contributed by atoms with Crippen LogP contribution in [0.5, 0.6) is 11.5 Å². The molecular weight excluding hydrogens is 392 g/mol. The number of nitrogens with zero attached hydrogens (tertiary/aromatic N) is 4. The molecule has 0 fully saturated rings. The van der Waals surface area contributed by atoms with Crippen molar-refractivity contribution in [2.75, 3.05) is 36.0 Å². The number of aromatic hydroxyl groups is 2. The lowest BCUT2D eigenvalue weighted by Crippen LogP contribution is -2.48. The van der Waals surface area contributed by atoms with Crippen LogP contribution in [0.25, 0.3) is 5.70 Å². The zero-order valence-electron chi connectivity index (χ0n) is 16.6. The van der Waals surface area contributed by atoms with E-state index in [0.29, 0.717) is 0 Å².